The van der Waals surface area contributed by atoms with Gasteiger partial charge >= 0.3 is 0 Å². The van der Waals surface area contributed by atoms with Crippen molar-refractivity contribution in [2.75, 3.05) is 33.9 Å². The molecule has 0 bridgehead atoms. The molecule has 0 radical (unpaired) electrons. The van der Waals surface area contributed by atoms with E-state index in [0.29, 0.717) is 13.1 Å². The highest BCUT2D eigenvalue weighted by Crippen LogP contribution is 2.39. The van der Waals surface area contributed by atoms with Crippen molar-refractivity contribution >= 4 is 5.91 Å². The molecular weight excluding hydrogens is 604 g/mol. The van der Waals surface area contributed by atoms with E-state index in [1.165, 1.54) is 0 Å². The third kappa shape index (κ3) is 7.44. The summed E-state index contributed by atoms with van der Waals surface area (Å²) in [7, 11) is 5.11. The minimum atomic E-state index is -0.263. The highest BCUT2D eigenvalue weighted by Gasteiger charge is 2.33. The molecule has 2 fully saturated rings. The van der Waals surface area contributed by atoms with E-state index in [1.54, 1.807) is 31.9 Å². The lowest BCUT2D eigenvalue weighted by Gasteiger charge is -2.26. The number of nitrogens with zero attached hydrogens (tertiary/aromatic N) is 4. The zero-order valence-electron chi connectivity index (χ0n) is 29.6. The molecule has 2 aliphatic rings. The van der Waals surface area contributed by atoms with Gasteiger partial charge in [-0.25, -0.2) is 0 Å². The Kier molecular flexibility index (Phi) is 10.4. The number of hydrogen-bond donors (Lipinski definition) is 0. The second kappa shape index (κ2) is 14.3. The van der Waals surface area contributed by atoms with Gasteiger partial charge in [0.1, 0.15) is 35.0 Å². The van der Waals surface area contributed by atoms with Crippen molar-refractivity contribution < 1.29 is 19.0 Å². The first-order valence-corrected chi connectivity index (χ1v) is 16.7. The Morgan fingerprint density at radius 1 is 1.04 bits per heavy atom. The summed E-state index contributed by atoms with van der Waals surface area (Å²) in [6, 6.07) is 14.1. The van der Waals surface area contributed by atoms with Crippen molar-refractivity contribution in [3.8, 4) is 34.4 Å². The fourth-order valence-corrected chi connectivity index (χ4v) is 6.90. The van der Waals surface area contributed by atoms with Gasteiger partial charge in [-0.3, -0.25) is 14.5 Å². The van der Waals surface area contributed by atoms with Gasteiger partial charge in [0.05, 0.1) is 25.8 Å². The Labute approximate surface area is 284 Å². The van der Waals surface area contributed by atoms with Crippen molar-refractivity contribution in [2.45, 2.75) is 72.6 Å². The average Bonchev–Trinajstić information content (AvgIpc) is 3.73. The molecule has 2 aliphatic heterocycles. The van der Waals surface area contributed by atoms with Crippen LogP contribution in [0.4, 0.5) is 0 Å². The minimum absolute atomic E-state index is 0.00170. The lowest BCUT2D eigenvalue weighted by atomic mass is 9.93. The third-order valence-electron chi connectivity index (χ3n) is 9.45. The summed E-state index contributed by atoms with van der Waals surface area (Å²) in [6.07, 6.45) is 6.27. The Hall–Kier alpha value is -4.55. The van der Waals surface area contributed by atoms with E-state index in [1.807, 2.05) is 82.1 Å². The van der Waals surface area contributed by atoms with Crippen LogP contribution >= 0.6 is 0 Å². The number of amides is 1. The van der Waals surface area contributed by atoms with Crippen molar-refractivity contribution in [1.29, 1.82) is 5.26 Å². The molecule has 3 aromatic rings. The maximum atomic E-state index is 13.4. The number of nitriles is 1. The third-order valence-corrected chi connectivity index (χ3v) is 9.45. The lowest BCUT2D eigenvalue weighted by molar-refractivity contribution is -0.127. The van der Waals surface area contributed by atoms with Gasteiger partial charge in [0.25, 0.3) is 11.5 Å². The van der Waals surface area contributed by atoms with Crippen LogP contribution in [-0.4, -0.2) is 60.2 Å². The van der Waals surface area contributed by atoms with E-state index < -0.39 is 0 Å². The van der Waals surface area contributed by atoms with Gasteiger partial charge in [0.15, 0.2) is 0 Å². The summed E-state index contributed by atoms with van der Waals surface area (Å²) in [5.74, 6) is 2.05. The van der Waals surface area contributed by atoms with Crippen molar-refractivity contribution in [1.82, 2.24) is 14.4 Å². The van der Waals surface area contributed by atoms with Gasteiger partial charge < -0.3 is 23.7 Å². The van der Waals surface area contributed by atoms with Gasteiger partial charge in [-0.1, -0.05) is 39.0 Å². The molecule has 2 aromatic carbocycles. The van der Waals surface area contributed by atoms with E-state index in [9.17, 15) is 14.9 Å². The van der Waals surface area contributed by atoms with Crippen LogP contribution in [0.3, 0.4) is 0 Å². The van der Waals surface area contributed by atoms with Gasteiger partial charge in [0.2, 0.25) is 0 Å². The highest BCUT2D eigenvalue weighted by molar-refractivity contribution is 5.97. The molecule has 1 unspecified atom stereocenters. The quantitative estimate of drug-likeness (QED) is 0.192. The number of carbonyl (C=O) groups is 1. The number of ether oxygens (including phenoxy) is 3. The number of benzene rings is 2. The van der Waals surface area contributed by atoms with Crippen LogP contribution in [0.5, 0.6) is 17.2 Å². The van der Waals surface area contributed by atoms with Gasteiger partial charge in [-0.05, 0) is 79.5 Å². The van der Waals surface area contributed by atoms with Gasteiger partial charge in [-0.15, -0.1) is 0 Å². The van der Waals surface area contributed by atoms with Crippen LogP contribution in [-0.2, 0) is 18.4 Å². The smallest absolute Gasteiger partial charge is 0.264 e. The number of likely N-dealkylation sites (tertiary alicyclic amines) is 2. The van der Waals surface area contributed by atoms with Crippen LogP contribution in [0.1, 0.15) is 68.3 Å². The number of pyridine rings is 1. The van der Waals surface area contributed by atoms with Crippen LogP contribution in [0, 0.1) is 30.6 Å². The first-order chi connectivity index (χ1) is 22.8. The standard InChI is InChI=1S/C39H48N4O5/c1-25-26(2)37(44)41(6)23-32(25)28-18-35(46-7)33(36(19-28)47-8)24-42-16-14-31(22-42)48-30-12-9-11-27(17-30)34-13-10-15-43(34)38(45)29(21-40)20-39(3,4)5/h9,11-12,17-20,23,31,34H,10,13-16,22,24H2,1-8H3/b29-20+/t31-,34?/m0/s1. The summed E-state index contributed by atoms with van der Waals surface area (Å²) in [5, 5.41) is 9.74. The number of carbonyl (C=O) groups excluding carboxylic acids is 1. The Morgan fingerprint density at radius 2 is 1.75 bits per heavy atom. The van der Waals surface area contributed by atoms with Crippen molar-refractivity contribution in [3.05, 3.63) is 86.9 Å². The molecule has 1 amide bonds. The summed E-state index contributed by atoms with van der Waals surface area (Å²) in [5.41, 5.74) is 5.49. The second-order valence-electron chi connectivity index (χ2n) is 14.1. The predicted molar refractivity (Wildman–Crippen MR) is 187 cm³/mol. The summed E-state index contributed by atoms with van der Waals surface area (Å²) < 4.78 is 19.9. The minimum Gasteiger partial charge on any atom is -0.496 e. The SMILES string of the molecule is COc1cc(-c2cn(C)c(=O)c(C)c2C)cc(OC)c1CN1CC[C@H](Oc2cccc(C3CCCN3C(=O)/C(C#N)=C/C(C)(C)C)c2)C1. The fourth-order valence-electron chi connectivity index (χ4n) is 6.90. The van der Waals surface area contributed by atoms with Gasteiger partial charge in [0, 0.05) is 50.6 Å². The first kappa shape index (κ1) is 34.8. The van der Waals surface area contributed by atoms with E-state index in [0.717, 1.165) is 83.0 Å². The Balaban J connectivity index is 1.29. The Bertz CT molecular complexity index is 1790. The number of hydrogen-bond acceptors (Lipinski definition) is 7. The number of allylic oxidation sites excluding steroid dienone is 1. The van der Waals surface area contributed by atoms with Crippen molar-refractivity contribution in [2.24, 2.45) is 12.5 Å². The molecule has 2 atom stereocenters. The topological polar surface area (TPSA) is 97.0 Å². The van der Waals surface area contributed by atoms with Crippen LogP contribution < -0.4 is 19.8 Å². The normalized spacial score (nSPS) is 18.6. The number of aromatic nitrogens is 1. The van der Waals surface area contributed by atoms with E-state index in [2.05, 4.69) is 11.0 Å². The molecule has 0 N–H and O–H groups in total. The summed E-state index contributed by atoms with van der Waals surface area (Å²) >= 11 is 0. The zero-order chi connectivity index (χ0) is 34.7. The molecule has 0 aliphatic carbocycles. The van der Waals surface area contributed by atoms with Crippen LogP contribution in [0.15, 0.2) is 59.0 Å². The highest BCUT2D eigenvalue weighted by atomic mass is 16.5. The molecule has 254 valence electrons. The largest absolute Gasteiger partial charge is 0.496 e. The first-order valence-electron chi connectivity index (χ1n) is 16.7. The van der Waals surface area contributed by atoms with Crippen LogP contribution in [0.2, 0.25) is 0 Å². The van der Waals surface area contributed by atoms with E-state index >= 15 is 0 Å². The maximum Gasteiger partial charge on any atom is 0.264 e. The molecule has 0 spiro atoms. The van der Waals surface area contributed by atoms with Gasteiger partial charge in [-0.2, -0.15) is 5.26 Å². The van der Waals surface area contributed by atoms with Crippen LogP contribution in [0.25, 0.3) is 11.1 Å². The van der Waals surface area contributed by atoms with Crippen molar-refractivity contribution in [3.63, 3.8) is 0 Å². The monoisotopic (exact) mass is 652 g/mol. The molecule has 5 rings (SSSR count). The number of rotatable bonds is 9. The zero-order valence-corrected chi connectivity index (χ0v) is 29.6. The second-order valence-corrected chi connectivity index (χ2v) is 14.1. The molecule has 2 saturated heterocycles. The predicted octanol–water partition coefficient (Wildman–Crippen LogP) is 6.50. The molecule has 3 heterocycles. The molecular formula is C39H48N4O5. The average molecular weight is 653 g/mol. The lowest BCUT2D eigenvalue weighted by Crippen LogP contribution is -2.32. The number of methoxy groups -OCH3 is 2. The molecule has 48 heavy (non-hydrogen) atoms. The number of aryl methyl sites for hydroxylation is 1. The molecule has 0 saturated carbocycles. The summed E-state index contributed by atoms with van der Waals surface area (Å²) in [4.78, 5) is 30.0. The molecule has 9 nitrogen and oxygen atoms in total. The molecule has 9 heteroatoms. The summed E-state index contributed by atoms with van der Waals surface area (Å²) in [6.45, 7) is 12.7. The maximum absolute atomic E-state index is 13.4. The Morgan fingerprint density at radius 3 is 2.40 bits per heavy atom. The molecule has 1 aromatic heterocycles. The van der Waals surface area contributed by atoms with E-state index in [4.69, 9.17) is 14.2 Å². The van der Waals surface area contributed by atoms with E-state index in [-0.39, 0.29) is 34.6 Å². The fraction of sp³-hybridized carbons (Fsp3) is 0.462.